The summed E-state index contributed by atoms with van der Waals surface area (Å²) < 4.78 is 5.11. The summed E-state index contributed by atoms with van der Waals surface area (Å²) in [5, 5.41) is 13.7. The Labute approximate surface area is 136 Å². The maximum absolute atomic E-state index is 12.3. The average Bonchev–Trinajstić information content (AvgIpc) is 2.41. The number of carboxylic acids is 1. The molecule has 0 aromatic carbocycles. The van der Waals surface area contributed by atoms with Crippen LogP contribution in [0, 0.1) is 5.92 Å². The van der Waals surface area contributed by atoms with Crippen LogP contribution in [-0.2, 0) is 19.1 Å². The minimum atomic E-state index is -1.33. The Hall–Kier alpha value is -2.12. The molecule has 0 heterocycles. The van der Waals surface area contributed by atoms with E-state index in [9.17, 15) is 19.2 Å². The Kier molecular flexibility index (Phi) is 8.28. The SMILES string of the molecule is CC[C@H](C)[C@H](NC(=O)OC(C)(C)C)C(=O)NC(CC=O)C(=O)O. The second-order valence-corrected chi connectivity index (χ2v) is 6.31. The topological polar surface area (TPSA) is 122 Å². The standard InChI is InChI=1S/C15H26N2O6/c1-6-9(2)11(17-14(22)23-15(3,4)5)12(19)16-10(7-8-18)13(20)21/h8-11H,6-7H2,1-5H3,(H,16,19)(H,17,22)(H,20,21)/t9-,10?,11-/m0/s1. The lowest BCUT2D eigenvalue weighted by atomic mass is 9.98. The summed E-state index contributed by atoms with van der Waals surface area (Å²) >= 11 is 0. The molecule has 132 valence electrons. The number of ether oxygens (including phenoxy) is 1. The molecule has 1 unspecified atom stereocenters. The lowest BCUT2D eigenvalue weighted by molar-refractivity contribution is -0.143. The van der Waals surface area contributed by atoms with E-state index < -0.39 is 35.7 Å². The molecule has 0 radical (unpaired) electrons. The number of hydrogen-bond acceptors (Lipinski definition) is 5. The second-order valence-electron chi connectivity index (χ2n) is 6.31. The number of carbonyl (C=O) groups is 4. The van der Waals surface area contributed by atoms with Crippen molar-refractivity contribution in [3.05, 3.63) is 0 Å². The lowest BCUT2D eigenvalue weighted by Crippen LogP contribution is -2.54. The number of hydrogen-bond donors (Lipinski definition) is 3. The fourth-order valence-corrected chi connectivity index (χ4v) is 1.72. The number of alkyl carbamates (subject to hydrolysis) is 1. The average molecular weight is 330 g/mol. The van der Waals surface area contributed by atoms with Crippen LogP contribution in [0.2, 0.25) is 0 Å². The summed E-state index contributed by atoms with van der Waals surface area (Å²) in [6.45, 7) is 8.65. The molecular formula is C15H26N2O6. The van der Waals surface area contributed by atoms with Gasteiger partial charge in [-0.05, 0) is 26.7 Å². The largest absolute Gasteiger partial charge is 0.480 e. The van der Waals surface area contributed by atoms with Crippen LogP contribution >= 0.6 is 0 Å². The first kappa shape index (κ1) is 20.9. The summed E-state index contributed by atoms with van der Waals surface area (Å²) in [4.78, 5) is 45.6. The Balaban J connectivity index is 5.02. The van der Waals surface area contributed by atoms with Crippen LogP contribution in [0.1, 0.15) is 47.5 Å². The van der Waals surface area contributed by atoms with E-state index in [1.54, 1.807) is 27.7 Å². The second kappa shape index (κ2) is 9.12. The van der Waals surface area contributed by atoms with Crippen LogP contribution in [0.5, 0.6) is 0 Å². The Morgan fingerprint density at radius 1 is 1.22 bits per heavy atom. The van der Waals surface area contributed by atoms with Crippen molar-refractivity contribution in [2.45, 2.75) is 65.1 Å². The first-order chi connectivity index (χ1) is 10.5. The molecule has 0 fully saturated rings. The van der Waals surface area contributed by atoms with Gasteiger partial charge in [0.15, 0.2) is 0 Å². The third kappa shape index (κ3) is 8.18. The highest BCUT2D eigenvalue weighted by Crippen LogP contribution is 2.11. The van der Waals surface area contributed by atoms with Crippen LogP contribution < -0.4 is 10.6 Å². The van der Waals surface area contributed by atoms with E-state index in [1.807, 2.05) is 6.92 Å². The molecular weight excluding hydrogens is 304 g/mol. The molecule has 0 saturated carbocycles. The van der Waals surface area contributed by atoms with Crippen LogP contribution in [0.15, 0.2) is 0 Å². The molecule has 0 rings (SSSR count). The van der Waals surface area contributed by atoms with Crippen molar-refractivity contribution in [3.63, 3.8) is 0 Å². The van der Waals surface area contributed by atoms with E-state index >= 15 is 0 Å². The number of carbonyl (C=O) groups excluding carboxylic acids is 3. The number of carboxylic acid groups (broad SMARTS) is 1. The van der Waals surface area contributed by atoms with Gasteiger partial charge in [-0.1, -0.05) is 20.3 Å². The fraction of sp³-hybridized carbons (Fsp3) is 0.733. The molecule has 0 aliphatic carbocycles. The lowest BCUT2D eigenvalue weighted by Gasteiger charge is -2.27. The molecule has 0 aromatic rings. The number of aldehydes is 1. The summed E-state index contributed by atoms with van der Waals surface area (Å²) in [7, 11) is 0. The monoisotopic (exact) mass is 330 g/mol. The van der Waals surface area contributed by atoms with Gasteiger partial charge < -0.3 is 25.3 Å². The van der Waals surface area contributed by atoms with Gasteiger partial charge in [-0.2, -0.15) is 0 Å². The van der Waals surface area contributed by atoms with Gasteiger partial charge in [0.2, 0.25) is 5.91 Å². The molecule has 8 nitrogen and oxygen atoms in total. The fourth-order valence-electron chi connectivity index (χ4n) is 1.72. The Morgan fingerprint density at radius 3 is 2.17 bits per heavy atom. The molecule has 3 N–H and O–H groups in total. The molecule has 0 aliphatic rings. The van der Waals surface area contributed by atoms with E-state index in [-0.39, 0.29) is 12.3 Å². The number of nitrogens with one attached hydrogen (secondary N) is 2. The van der Waals surface area contributed by atoms with Gasteiger partial charge in [0.25, 0.3) is 0 Å². The number of aliphatic carboxylic acids is 1. The van der Waals surface area contributed by atoms with Crippen molar-refractivity contribution in [1.29, 1.82) is 0 Å². The zero-order valence-electron chi connectivity index (χ0n) is 14.2. The summed E-state index contributed by atoms with van der Waals surface area (Å²) in [5.41, 5.74) is -0.721. The van der Waals surface area contributed by atoms with Crippen molar-refractivity contribution < 1.29 is 29.0 Å². The molecule has 8 heteroatoms. The first-order valence-corrected chi connectivity index (χ1v) is 7.48. The molecule has 0 aromatic heterocycles. The van der Waals surface area contributed by atoms with Crippen LogP contribution in [0.4, 0.5) is 4.79 Å². The molecule has 0 spiro atoms. The van der Waals surface area contributed by atoms with Crippen molar-refractivity contribution in [2.24, 2.45) is 5.92 Å². The Bertz CT molecular complexity index is 444. The highest BCUT2D eigenvalue weighted by molar-refractivity contribution is 5.90. The number of rotatable bonds is 8. The van der Waals surface area contributed by atoms with Crippen molar-refractivity contribution in [2.75, 3.05) is 0 Å². The molecule has 0 aliphatic heterocycles. The van der Waals surface area contributed by atoms with Gasteiger partial charge in [-0.3, -0.25) is 4.79 Å². The van der Waals surface area contributed by atoms with E-state index in [2.05, 4.69) is 10.6 Å². The quantitative estimate of drug-likeness (QED) is 0.573. The van der Waals surface area contributed by atoms with Gasteiger partial charge in [0, 0.05) is 6.42 Å². The van der Waals surface area contributed by atoms with Crippen molar-refractivity contribution >= 4 is 24.3 Å². The normalized spacial score (nSPS) is 15.0. The van der Waals surface area contributed by atoms with Crippen molar-refractivity contribution in [1.82, 2.24) is 10.6 Å². The predicted molar refractivity (Wildman–Crippen MR) is 82.9 cm³/mol. The third-order valence-corrected chi connectivity index (χ3v) is 3.11. The summed E-state index contributed by atoms with van der Waals surface area (Å²) in [6.07, 6.45) is -0.112. The van der Waals surface area contributed by atoms with Crippen LogP contribution in [0.3, 0.4) is 0 Å². The molecule has 2 amide bonds. The van der Waals surface area contributed by atoms with Gasteiger partial charge >= 0.3 is 12.1 Å². The summed E-state index contributed by atoms with van der Waals surface area (Å²) in [5.74, 6) is -2.22. The maximum atomic E-state index is 12.3. The molecule has 0 bridgehead atoms. The van der Waals surface area contributed by atoms with E-state index in [0.29, 0.717) is 12.7 Å². The predicted octanol–water partition coefficient (Wildman–Crippen LogP) is 1.08. The number of amides is 2. The van der Waals surface area contributed by atoms with Crippen LogP contribution in [0.25, 0.3) is 0 Å². The minimum absolute atomic E-state index is 0.242. The highest BCUT2D eigenvalue weighted by Gasteiger charge is 2.31. The summed E-state index contributed by atoms with van der Waals surface area (Å²) in [6, 6.07) is -2.28. The minimum Gasteiger partial charge on any atom is -0.480 e. The maximum Gasteiger partial charge on any atom is 0.408 e. The molecule has 23 heavy (non-hydrogen) atoms. The van der Waals surface area contributed by atoms with Gasteiger partial charge in [0.1, 0.15) is 24.0 Å². The smallest absolute Gasteiger partial charge is 0.408 e. The zero-order chi connectivity index (χ0) is 18.2. The van der Waals surface area contributed by atoms with Gasteiger partial charge in [-0.15, -0.1) is 0 Å². The third-order valence-electron chi connectivity index (χ3n) is 3.11. The van der Waals surface area contributed by atoms with Crippen LogP contribution in [-0.4, -0.2) is 47.0 Å². The van der Waals surface area contributed by atoms with Gasteiger partial charge in [-0.25, -0.2) is 9.59 Å². The van der Waals surface area contributed by atoms with E-state index in [4.69, 9.17) is 9.84 Å². The van der Waals surface area contributed by atoms with E-state index in [0.717, 1.165) is 0 Å². The zero-order valence-corrected chi connectivity index (χ0v) is 14.2. The van der Waals surface area contributed by atoms with Gasteiger partial charge in [0.05, 0.1) is 0 Å². The van der Waals surface area contributed by atoms with Crippen molar-refractivity contribution in [3.8, 4) is 0 Å². The Morgan fingerprint density at radius 2 is 1.78 bits per heavy atom. The first-order valence-electron chi connectivity index (χ1n) is 7.48. The molecule has 3 atom stereocenters. The molecule has 0 saturated heterocycles. The van der Waals surface area contributed by atoms with E-state index in [1.165, 1.54) is 0 Å². The highest BCUT2D eigenvalue weighted by atomic mass is 16.6.